The molecule has 2 aromatic rings. The molecule has 0 bridgehead atoms. The third-order valence-corrected chi connectivity index (χ3v) is 13.5. The fourth-order valence-electron chi connectivity index (χ4n) is 10.6. The van der Waals surface area contributed by atoms with Crippen LogP contribution in [-0.2, 0) is 0 Å². The van der Waals surface area contributed by atoms with E-state index in [0.717, 1.165) is 42.3 Å². The minimum absolute atomic E-state index is 0.200. The van der Waals surface area contributed by atoms with Crippen LogP contribution in [-0.4, -0.2) is 45.1 Å². The number of thiazole rings is 1. The summed E-state index contributed by atoms with van der Waals surface area (Å²) in [6.45, 7) is 10.3. The Morgan fingerprint density at radius 1 is 1.10 bits per heavy atom. The number of aromatic carboxylic acids is 1. The average molecular weight is 570 g/mol. The van der Waals surface area contributed by atoms with Crippen LogP contribution >= 0.6 is 11.3 Å². The maximum Gasteiger partial charge on any atom is 0.335 e. The highest BCUT2D eigenvalue weighted by Gasteiger charge is 2.64. The summed E-state index contributed by atoms with van der Waals surface area (Å²) in [5, 5.41) is 32.3. The lowest BCUT2D eigenvalue weighted by Gasteiger charge is -2.64. The van der Waals surface area contributed by atoms with Crippen molar-refractivity contribution in [3.63, 3.8) is 0 Å². The van der Waals surface area contributed by atoms with Crippen molar-refractivity contribution in [2.75, 3.05) is 6.61 Å². The van der Waals surface area contributed by atoms with Crippen LogP contribution in [0.25, 0.3) is 10.2 Å². The van der Waals surface area contributed by atoms with Crippen molar-refractivity contribution in [2.45, 2.75) is 97.7 Å². The smallest absolute Gasteiger partial charge is 0.335 e. The van der Waals surface area contributed by atoms with E-state index in [1.807, 2.05) is 0 Å². The standard InChI is InChI=1S/C33H47NO5S/c1-5-21-25-17-20(35)10-13-33(25,4)24-11-14-32(3)22(7-8-23(32)28(24)29(21)36)18(2)12-15-39-31-34-26-9-6-19(30(37)38)16-27(26)40-31/h6,9,16,18,20-25,28-29,35-36H,5,7-8,10-15,17H2,1-4H3,(H,37,38)/t18-,20-,21-,22-,23+,24+,25+,28+,29-,32-,33-/m1/s1. The lowest BCUT2D eigenvalue weighted by molar-refractivity contribution is -0.203. The van der Waals surface area contributed by atoms with E-state index in [4.69, 9.17) is 4.74 Å². The van der Waals surface area contributed by atoms with Crippen LogP contribution in [0, 0.1) is 52.3 Å². The van der Waals surface area contributed by atoms with Gasteiger partial charge >= 0.3 is 5.97 Å². The van der Waals surface area contributed by atoms with Gasteiger partial charge in [-0.05, 0) is 122 Å². The van der Waals surface area contributed by atoms with Crippen LogP contribution in [0.3, 0.4) is 0 Å². The van der Waals surface area contributed by atoms with Crippen molar-refractivity contribution in [1.29, 1.82) is 0 Å². The van der Waals surface area contributed by atoms with E-state index in [0.29, 0.717) is 53.2 Å². The normalized spacial score (nSPS) is 41.6. The second kappa shape index (κ2) is 10.5. The number of hydrogen-bond acceptors (Lipinski definition) is 6. The molecule has 6 nitrogen and oxygen atoms in total. The van der Waals surface area contributed by atoms with E-state index in [1.54, 1.807) is 18.2 Å². The molecular formula is C33H47NO5S. The number of aliphatic hydroxyl groups is 2. The molecule has 7 heteroatoms. The van der Waals surface area contributed by atoms with Crippen molar-refractivity contribution in [3.8, 4) is 5.19 Å². The quantitative estimate of drug-likeness (QED) is 0.331. The number of carbonyl (C=O) groups is 1. The summed E-state index contributed by atoms with van der Waals surface area (Å²) in [6.07, 6.45) is 9.30. The van der Waals surface area contributed by atoms with Gasteiger partial charge in [0.25, 0.3) is 5.19 Å². The van der Waals surface area contributed by atoms with Crippen LogP contribution in [0.1, 0.15) is 95.8 Å². The molecule has 4 aliphatic carbocycles. The van der Waals surface area contributed by atoms with Gasteiger partial charge in [0.2, 0.25) is 0 Å². The van der Waals surface area contributed by atoms with Gasteiger partial charge in [0, 0.05) is 0 Å². The maximum atomic E-state index is 11.9. The molecule has 11 atom stereocenters. The maximum absolute atomic E-state index is 11.9. The molecule has 0 aliphatic heterocycles. The largest absolute Gasteiger partial charge is 0.478 e. The summed E-state index contributed by atoms with van der Waals surface area (Å²) in [5.41, 5.74) is 1.54. The predicted molar refractivity (Wildman–Crippen MR) is 158 cm³/mol. The fourth-order valence-corrected chi connectivity index (χ4v) is 11.4. The number of nitrogens with zero attached hydrogens (tertiary/aromatic N) is 1. The van der Waals surface area contributed by atoms with Crippen LogP contribution in [0.2, 0.25) is 0 Å². The Morgan fingerprint density at radius 3 is 2.60 bits per heavy atom. The first kappa shape index (κ1) is 28.4. The van der Waals surface area contributed by atoms with Crippen LogP contribution in [0.4, 0.5) is 0 Å². The van der Waals surface area contributed by atoms with Gasteiger partial charge in [0.05, 0.1) is 34.6 Å². The lowest BCUT2D eigenvalue weighted by Crippen LogP contribution is -2.62. The van der Waals surface area contributed by atoms with Gasteiger partial charge in [0.1, 0.15) is 0 Å². The summed E-state index contributed by atoms with van der Waals surface area (Å²) in [6, 6.07) is 5.01. The van der Waals surface area contributed by atoms with Crippen LogP contribution in [0.15, 0.2) is 18.2 Å². The van der Waals surface area contributed by atoms with Crippen molar-refractivity contribution in [1.82, 2.24) is 4.98 Å². The van der Waals surface area contributed by atoms with Crippen molar-refractivity contribution in [3.05, 3.63) is 23.8 Å². The Morgan fingerprint density at radius 2 is 1.85 bits per heavy atom. The van der Waals surface area contributed by atoms with E-state index < -0.39 is 5.97 Å². The number of rotatable bonds is 7. The molecule has 0 spiro atoms. The van der Waals surface area contributed by atoms with Gasteiger partial charge in [-0.1, -0.05) is 45.5 Å². The molecule has 0 radical (unpaired) electrons. The molecule has 1 heterocycles. The second-order valence-corrected chi connectivity index (χ2v) is 15.2. The number of ether oxygens (including phenoxy) is 1. The Hall–Kier alpha value is -1.70. The fraction of sp³-hybridized carbons (Fsp3) is 0.758. The molecule has 1 aromatic heterocycles. The van der Waals surface area contributed by atoms with Gasteiger partial charge in [0.15, 0.2) is 0 Å². The number of carboxylic acid groups (broad SMARTS) is 1. The number of benzene rings is 1. The number of carboxylic acids is 1. The first-order valence-corrected chi connectivity index (χ1v) is 16.5. The van der Waals surface area contributed by atoms with E-state index in [1.165, 1.54) is 37.0 Å². The van der Waals surface area contributed by atoms with Gasteiger partial charge in [-0.25, -0.2) is 9.78 Å². The number of hydrogen-bond donors (Lipinski definition) is 3. The van der Waals surface area contributed by atoms with Crippen molar-refractivity contribution < 1.29 is 24.9 Å². The Balaban J connectivity index is 1.14. The van der Waals surface area contributed by atoms with E-state index in [-0.39, 0.29) is 28.6 Å². The molecule has 40 heavy (non-hydrogen) atoms. The van der Waals surface area contributed by atoms with Crippen LogP contribution in [0.5, 0.6) is 5.19 Å². The summed E-state index contributed by atoms with van der Waals surface area (Å²) in [4.78, 5) is 15.9. The van der Waals surface area contributed by atoms with E-state index in [2.05, 4.69) is 32.7 Å². The summed E-state index contributed by atoms with van der Waals surface area (Å²) in [5.74, 6) is 2.48. The number of aromatic nitrogens is 1. The zero-order chi connectivity index (χ0) is 28.4. The Labute approximate surface area is 242 Å². The first-order chi connectivity index (χ1) is 19.1. The third-order valence-electron chi connectivity index (χ3n) is 12.6. The van der Waals surface area contributed by atoms with Crippen LogP contribution < -0.4 is 4.74 Å². The van der Waals surface area contributed by atoms with Crippen molar-refractivity contribution >= 4 is 27.5 Å². The molecule has 4 saturated carbocycles. The average Bonchev–Trinajstić information content (AvgIpc) is 3.49. The highest BCUT2D eigenvalue weighted by atomic mass is 32.1. The second-order valence-electron chi connectivity index (χ2n) is 14.2. The minimum atomic E-state index is -0.929. The topological polar surface area (TPSA) is 99.9 Å². The molecule has 1 aromatic carbocycles. The molecule has 3 N–H and O–H groups in total. The van der Waals surface area contributed by atoms with Gasteiger partial charge in [-0.2, -0.15) is 0 Å². The first-order valence-electron chi connectivity index (χ1n) is 15.7. The highest BCUT2D eigenvalue weighted by molar-refractivity contribution is 7.20. The minimum Gasteiger partial charge on any atom is -0.478 e. The molecule has 0 amide bonds. The molecular weight excluding hydrogens is 522 g/mol. The van der Waals surface area contributed by atoms with Gasteiger partial charge in [-0.15, -0.1) is 0 Å². The molecule has 4 fully saturated rings. The molecule has 220 valence electrons. The Bertz CT molecular complexity index is 1250. The lowest BCUT2D eigenvalue weighted by atomic mass is 9.41. The number of fused-ring (bicyclic) bond motifs is 6. The molecule has 0 saturated heterocycles. The monoisotopic (exact) mass is 569 g/mol. The molecule has 0 unspecified atom stereocenters. The molecule has 6 rings (SSSR count). The zero-order valence-electron chi connectivity index (χ0n) is 24.5. The summed E-state index contributed by atoms with van der Waals surface area (Å²) < 4.78 is 6.94. The summed E-state index contributed by atoms with van der Waals surface area (Å²) in [7, 11) is 0. The van der Waals surface area contributed by atoms with E-state index in [9.17, 15) is 20.1 Å². The summed E-state index contributed by atoms with van der Waals surface area (Å²) >= 11 is 1.41. The highest BCUT2D eigenvalue weighted by Crippen LogP contribution is 2.69. The SMILES string of the molecule is CC[C@H]1[C@@H](O)[C@@H]2[C@H](CC[C@]3(C)[C@@H]([C@H](C)CCOc4nc5ccc(C(=O)O)cc5s4)CC[C@@H]23)[C@@]2(C)CC[C@@H](O)C[C@@H]12. The third kappa shape index (κ3) is 4.50. The van der Waals surface area contributed by atoms with Crippen molar-refractivity contribution in [2.24, 2.45) is 52.3 Å². The predicted octanol–water partition coefficient (Wildman–Crippen LogP) is 7.03. The Kier molecular flexibility index (Phi) is 7.49. The number of aliphatic hydroxyl groups excluding tert-OH is 2. The van der Waals surface area contributed by atoms with Gasteiger partial charge in [-0.3, -0.25) is 0 Å². The zero-order valence-corrected chi connectivity index (χ0v) is 25.3. The van der Waals surface area contributed by atoms with Gasteiger partial charge < -0.3 is 20.1 Å². The molecule has 4 aliphatic rings. The van der Waals surface area contributed by atoms with E-state index >= 15 is 0 Å².